The predicted octanol–water partition coefficient (Wildman–Crippen LogP) is 2.80. The third kappa shape index (κ3) is 4.50. The Morgan fingerprint density at radius 3 is 3.00 bits per heavy atom. The van der Waals surface area contributed by atoms with E-state index in [2.05, 4.69) is 17.1 Å². The molecule has 2 atom stereocenters. The Hall–Kier alpha value is -2.11. The molecule has 2 aromatic rings. The number of rotatable bonds is 6. The minimum atomic E-state index is -0.107. The molecule has 2 unspecified atom stereocenters. The SMILES string of the molecule is CC1CCCN(Cc2cccc(C(=O)NCc3ccco3)c2)C1CO. The second kappa shape index (κ2) is 8.32. The third-order valence-corrected chi connectivity index (χ3v) is 5.00. The average Bonchev–Trinajstić information content (AvgIpc) is 3.14. The van der Waals surface area contributed by atoms with E-state index in [9.17, 15) is 9.90 Å². The van der Waals surface area contributed by atoms with Crippen molar-refractivity contribution in [3.8, 4) is 0 Å². The van der Waals surface area contributed by atoms with Crippen molar-refractivity contribution in [2.45, 2.75) is 38.9 Å². The molecule has 1 aromatic heterocycles. The average molecular weight is 342 g/mol. The highest BCUT2D eigenvalue weighted by molar-refractivity contribution is 5.94. The van der Waals surface area contributed by atoms with Crippen molar-refractivity contribution in [1.82, 2.24) is 10.2 Å². The van der Waals surface area contributed by atoms with Crippen LogP contribution < -0.4 is 5.32 Å². The number of piperidine rings is 1. The van der Waals surface area contributed by atoms with Gasteiger partial charge in [0.05, 0.1) is 19.4 Å². The Morgan fingerprint density at radius 2 is 2.24 bits per heavy atom. The van der Waals surface area contributed by atoms with E-state index in [0.29, 0.717) is 18.0 Å². The molecule has 1 aliphatic rings. The van der Waals surface area contributed by atoms with Gasteiger partial charge in [-0.2, -0.15) is 0 Å². The molecule has 134 valence electrons. The van der Waals surface area contributed by atoms with Gasteiger partial charge in [0.2, 0.25) is 0 Å². The van der Waals surface area contributed by atoms with E-state index in [1.807, 2.05) is 30.3 Å². The molecule has 5 heteroatoms. The highest BCUT2D eigenvalue weighted by Crippen LogP contribution is 2.24. The molecule has 1 aromatic carbocycles. The van der Waals surface area contributed by atoms with Gasteiger partial charge in [-0.3, -0.25) is 9.69 Å². The predicted molar refractivity (Wildman–Crippen MR) is 96.0 cm³/mol. The smallest absolute Gasteiger partial charge is 0.251 e. The van der Waals surface area contributed by atoms with Crippen LogP contribution in [-0.2, 0) is 13.1 Å². The molecule has 0 radical (unpaired) electrons. The number of amides is 1. The fraction of sp³-hybridized carbons (Fsp3) is 0.450. The van der Waals surface area contributed by atoms with E-state index >= 15 is 0 Å². The molecule has 2 heterocycles. The first-order chi connectivity index (χ1) is 12.2. The van der Waals surface area contributed by atoms with Crippen LogP contribution in [0, 0.1) is 5.92 Å². The summed E-state index contributed by atoms with van der Waals surface area (Å²) in [5.41, 5.74) is 1.74. The number of likely N-dealkylation sites (tertiary alicyclic amines) is 1. The molecule has 1 aliphatic heterocycles. The zero-order valence-corrected chi connectivity index (χ0v) is 14.6. The normalized spacial score (nSPS) is 21.2. The maximum atomic E-state index is 12.4. The highest BCUT2D eigenvalue weighted by Gasteiger charge is 2.27. The van der Waals surface area contributed by atoms with Gasteiger partial charge >= 0.3 is 0 Å². The van der Waals surface area contributed by atoms with E-state index in [1.165, 1.54) is 0 Å². The lowest BCUT2D eigenvalue weighted by atomic mass is 9.91. The fourth-order valence-electron chi connectivity index (χ4n) is 3.55. The first kappa shape index (κ1) is 17.7. The summed E-state index contributed by atoms with van der Waals surface area (Å²) in [4.78, 5) is 14.7. The molecule has 3 rings (SSSR count). The fourth-order valence-corrected chi connectivity index (χ4v) is 3.55. The summed E-state index contributed by atoms with van der Waals surface area (Å²) in [6.07, 6.45) is 3.91. The molecule has 1 fully saturated rings. The number of aliphatic hydroxyl groups excluding tert-OH is 1. The van der Waals surface area contributed by atoms with Crippen LogP contribution in [0.15, 0.2) is 47.1 Å². The topological polar surface area (TPSA) is 65.7 Å². The van der Waals surface area contributed by atoms with Gasteiger partial charge in [0, 0.05) is 18.2 Å². The Balaban J connectivity index is 1.63. The van der Waals surface area contributed by atoms with E-state index in [0.717, 1.165) is 37.3 Å². The van der Waals surface area contributed by atoms with Gasteiger partial charge in [-0.1, -0.05) is 19.1 Å². The van der Waals surface area contributed by atoms with Gasteiger partial charge < -0.3 is 14.8 Å². The van der Waals surface area contributed by atoms with Crippen molar-refractivity contribution in [2.75, 3.05) is 13.2 Å². The molecule has 1 amide bonds. The number of hydrogen-bond donors (Lipinski definition) is 2. The van der Waals surface area contributed by atoms with Gasteiger partial charge in [-0.15, -0.1) is 0 Å². The summed E-state index contributed by atoms with van der Waals surface area (Å²) >= 11 is 0. The van der Waals surface area contributed by atoms with Crippen LogP contribution in [0.3, 0.4) is 0 Å². The van der Waals surface area contributed by atoms with Crippen LogP contribution in [0.25, 0.3) is 0 Å². The molecule has 2 N–H and O–H groups in total. The molecule has 0 spiro atoms. The highest BCUT2D eigenvalue weighted by atomic mass is 16.3. The van der Waals surface area contributed by atoms with Crippen molar-refractivity contribution in [3.05, 3.63) is 59.5 Å². The molecule has 5 nitrogen and oxygen atoms in total. The van der Waals surface area contributed by atoms with Crippen molar-refractivity contribution in [2.24, 2.45) is 5.92 Å². The van der Waals surface area contributed by atoms with Crippen LogP contribution >= 0.6 is 0 Å². The molecule has 0 bridgehead atoms. The summed E-state index contributed by atoms with van der Waals surface area (Å²) in [6, 6.07) is 11.6. The Morgan fingerprint density at radius 1 is 1.36 bits per heavy atom. The molecular formula is C20H26N2O3. The second-order valence-electron chi connectivity index (χ2n) is 6.80. The van der Waals surface area contributed by atoms with Crippen molar-refractivity contribution in [3.63, 3.8) is 0 Å². The number of nitrogens with zero attached hydrogens (tertiary/aromatic N) is 1. The van der Waals surface area contributed by atoms with Crippen molar-refractivity contribution < 1.29 is 14.3 Å². The summed E-state index contributed by atoms with van der Waals surface area (Å²) in [7, 11) is 0. The van der Waals surface area contributed by atoms with Crippen LogP contribution in [0.5, 0.6) is 0 Å². The van der Waals surface area contributed by atoms with Gasteiger partial charge in [0.1, 0.15) is 5.76 Å². The van der Waals surface area contributed by atoms with Gasteiger partial charge in [0.15, 0.2) is 0 Å². The second-order valence-corrected chi connectivity index (χ2v) is 6.80. The number of carbonyl (C=O) groups excluding carboxylic acids is 1. The minimum absolute atomic E-state index is 0.107. The molecular weight excluding hydrogens is 316 g/mol. The first-order valence-corrected chi connectivity index (χ1v) is 8.92. The standard InChI is InChI=1S/C20H26N2O3/c1-15-5-3-9-22(19(15)14-23)13-16-6-2-7-17(11-16)20(24)21-12-18-8-4-10-25-18/h2,4,6-8,10-11,15,19,23H,3,5,9,12-14H2,1H3,(H,21,24). The number of nitrogens with one attached hydrogen (secondary N) is 1. The van der Waals surface area contributed by atoms with E-state index in [1.54, 1.807) is 12.3 Å². The zero-order valence-electron chi connectivity index (χ0n) is 14.6. The van der Waals surface area contributed by atoms with Crippen molar-refractivity contribution in [1.29, 1.82) is 0 Å². The number of furan rings is 1. The van der Waals surface area contributed by atoms with Gasteiger partial charge in [0.25, 0.3) is 5.91 Å². The van der Waals surface area contributed by atoms with E-state index < -0.39 is 0 Å². The third-order valence-electron chi connectivity index (χ3n) is 5.00. The van der Waals surface area contributed by atoms with Gasteiger partial charge in [-0.25, -0.2) is 0 Å². The van der Waals surface area contributed by atoms with Gasteiger partial charge in [-0.05, 0) is 55.1 Å². The van der Waals surface area contributed by atoms with Crippen LogP contribution in [0.2, 0.25) is 0 Å². The largest absolute Gasteiger partial charge is 0.467 e. The zero-order chi connectivity index (χ0) is 17.6. The summed E-state index contributed by atoms with van der Waals surface area (Å²) in [6.45, 7) is 4.52. The maximum absolute atomic E-state index is 12.4. The van der Waals surface area contributed by atoms with E-state index in [4.69, 9.17) is 4.42 Å². The van der Waals surface area contributed by atoms with Crippen LogP contribution in [-0.4, -0.2) is 35.1 Å². The Kier molecular flexibility index (Phi) is 5.89. The Bertz CT molecular complexity index is 684. The maximum Gasteiger partial charge on any atom is 0.251 e. The molecule has 0 aliphatic carbocycles. The molecule has 1 saturated heterocycles. The van der Waals surface area contributed by atoms with Crippen LogP contribution in [0.1, 0.15) is 41.4 Å². The number of carbonyl (C=O) groups is 1. The quantitative estimate of drug-likeness (QED) is 0.847. The van der Waals surface area contributed by atoms with E-state index in [-0.39, 0.29) is 18.6 Å². The summed E-state index contributed by atoms with van der Waals surface area (Å²) in [5.74, 6) is 1.13. The molecule has 0 saturated carbocycles. The molecule has 25 heavy (non-hydrogen) atoms. The Labute approximate surface area is 148 Å². The van der Waals surface area contributed by atoms with Crippen molar-refractivity contribution >= 4 is 5.91 Å². The monoisotopic (exact) mass is 342 g/mol. The minimum Gasteiger partial charge on any atom is -0.467 e. The number of hydrogen-bond acceptors (Lipinski definition) is 4. The lowest BCUT2D eigenvalue weighted by Crippen LogP contribution is -2.46. The first-order valence-electron chi connectivity index (χ1n) is 8.92. The van der Waals surface area contributed by atoms with Crippen LogP contribution in [0.4, 0.5) is 0 Å². The number of aliphatic hydroxyl groups is 1. The number of benzene rings is 1. The lowest BCUT2D eigenvalue weighted by Gasteiger charge is -2.39. The summed E-state index contributed by atoms with van der Waals surface area (Å²) < 4.78 is 5.23. The summed E-state index contributed by atoms with van der Waals surface area (Å²) in [5, 5.41) is 12.6. The lowest BCUT2D eigenvalue weighted by molar-refractivity contribution is 0.0472.